The van der Waals surface area contributed by atoms with Crippen LogP contribution in [0.1, 0.15) is 32.0 Å². The van der Waals surface area contributed by atoms with Crippen molar-refractivity contribution in [3.63, 3.8) is 0 Å². The van der Waals surface area contributed by atoms with Crippen molar-refractivity contribution in [3.05, 3.63) is 65.4 Å². The number of benzene rings is 1. The predicted molar refractivity (Wildman–Crippen MR) is 119 cm³/mol. The monoisotopic (exact) mass is 395 g/mol. The molecule has 2 aromatic rings. The first-order valence-electron chi connectivity index (χ1n) is 9.25. The fourth-order valence-corrected chi connectivity index (χ4v) is 3.01. The number of aromatic nitrogens is 1. The van der Waals surface area contributed by atoms with E-state index in [0.717, 1.165) is 33.2 Å². The highest BCUT2D eigenvalue weighted by Gasteiger charge is 2.15. The first-order chi connectivity index (χ1) is 13.9. The summed E-state index contributed by atoms with van der Waals surface area (Å²) in [4.78, 5) is 4.75. The van der Waals surface area contributed by atoms with Gasteiger partial charge in [-0.15, -0.1) is 0 Å². The summed E-state index contributed by atoms with van der Waals surface area (Å²) in [6.45, 7) is 9.96. The van der Waals surface area contributed by atoms with Crippen molar-refractivity contribution in [1.29, 1.82) is 0 Å². The predicted octanol–water partition coefficient (Wildman–Crippen LogP) is 5.77. The van der Waals surface area contributed by atoms with Gasteiger partial charge in [-0.2, -0.15) is 0 Å². The largest absolute Gasteiger partial charge is 0.493 e. The molecular formula is C24H29NO4. The Hall–Kier alpha value is -3.21. The van der Waals surface area contributed by atoms with Gasteiger partial charge >= 0.3 is 0 Å². The maximum absolute atomic E-state index is 5.52. The number of nitrogens with zero attached hydrogens (tertiary/aromatic N) is 1. The van der Waals surface area contributed by atoms with Gasteiger partial charge in [-0.05, 0) is 44.4 Å². The SMILES string of the molecule is C=C(OC)/C(=C\C(=C/C)c1ncc2cc(OC)c(OC)cc2c1C=C(C)C)OC. The molecule has 0 saturated carbocycles. The van der Waals surface area contributed by atoms with Crippen molar-refractivity contribution in [2.45, 2.75) is 20.8 Å². The van der Waals surface area contributed by atoms with Gasteiger partial charge in [-0.1, -0.05) is 24.3 Å². The first kappa shape index (κ1) is 22.1. The molecular weight excluding hydrogens is 366 g/mol. The Morgan fingerprint density at radius 2 is 1.66 bits per heavy atom. The molecule has 0 spiro atoms. The van der Waals surface area contributed by atoms with Gasteiger partial charge in [0.25, 0.3) is 0 Å². The molecule has 0 aliphatic heterocycles. The second-order valence-electron chi connectivity index (χ2n) is 6.62. The minimum atomic E-state index is 0.447. The molecule has 0 aliphatic carbocycles. The van der Waals surface area contributed by atoms with E-state index < -0.39 is 0 Å². The van der Waals surface area contributed by atoms with Crippen molar-refractivity contribution in [2.75, 3.05) is 28.4 Å². The Balaban J connectivity index is 2.83. The topological polar surface area (TPSA) is 49.8 Å². The van der Waals surface area contributed by atoms with E-state index in [4.69, 9.17) is 23.9 Å². The van der Waals surface area contributed by atoms with Crippen LogP contribution in [0.25, 0.3) is 22.4 Å². The van der Waals surface area contributed by atoms with Crippen LogP contribution in [-0.4, -0.2) is 33.4 Å². The molecule has 1 heterocycles. The van der Waals surface area contributed by atoms with Gasteiger partial charge in [0, 0.05) is 22.7 Å². The maximum atomic E-state index is 5.52. The zero-order valence-corrected chi connectivity index (χ0v) is 18.3. The Morgan fingerprint density at radius 1 is 1.00 bits per heavy atom. The number of allylic oxidation sites excluding steroid dienone is 4. The molecule has 0 saturated heterocycles. The zero-order chi connectivity index (χ0) is 21.6. The van der Waals surface area contributed by atoms with Crippen LogP contribution in [0.15, 0.2) is 54.2 Å². The van der Waals surface area contributed by atoms with Crippen LogP contribution < -0.4 is 9.47 Å². The van der Waals surface area contributed by atoms with Crippen LogP contribution in [0.2, 0.25) is 0 Å². The molecule has 5 heteroatoms. The van der Waals surface area contributed by atoms with Crippen molar-refractivity contribution in [3.8, 4) is 11.5 Å². The van der Waals surface area contributed by atoms with Gasteiger partial charge in [0.05, 0.1) is 34.1 Å². The van der Waals surface area contributed by atoms with E-state index >= 15 is 0 Å². The molecule has 0 N–H and O–H groups in total. The number of fused-ring (bicyclic) bond motifs is 1. The standard InChI is InChI=1S/C24H29NO4/c1-9-17(11-21(27-6)16(4)26-5)24-20(10-15(2)3)19-13-23(29-8)22(28-7)12-18(19)14-25-24/h9-14H,4H2,1-3,5-8H3/b17-9+,21-11+. The summed E-state index contributed by atoms with van der Waals surface area (Å²) in [6, 6.07) is 3.92. The van der Waals surface area contributed by atoms with Crippen molar-refractivity contribution in [1.82, 2.24) is 4.98 Å². The normalized spacial score (nSPS) is 11.8. The molecule has 0 unspecified atom stereocenters. The molecule has 0 radical (unpaired) electrons. The van der Waals surface area contributed by atoms with Crippen LogP contribution in [0, 0.1) is 0 Å². The third-order valence-electron chi connectivity index (χ3n) is 4.48. The number of ether oxygens (including phenoxy) is 4. The van der Waals surface area contributed by atoms with Gasteiger partial charge in [0.1, 0.15) is 0 Å². The first-order valence-corrected chi connectivity index (χ1v) is 9.25. The van der Waals surface area contributed by atoms with E-state index in [2.05, 4.69) is 26.5 Å². The lowest BCUT2D eigenvalue weighted by molar-refractivity contribution is 0.222. The minimum Gasteiger partial charge on any atom is -0.493 e. The number of hydrogen-bond donors (Lipinski definition) is 0. The van der Waals surface area contributed by atoms with Crippen LogP contribution in [0.4, 0.5) is 0 Å². The molecule has 0 bridgehead atoms. The summed E-state index contributed by atoms with van der Waals surface area (Å²) in [6.07, 6.45) is 7.82. The number of rotatable bonds is 8. The molecule has 1 aromatic carbocycles. The fraction of sp³-hybridized carbons (Fsp3) is 0.292. The van der Waals surface area contributed by atoms with Crippen molar-refractivity contribution >= 4 is 22.4 Å². The molecule has 0 amide bonds. The molecule has 2 rings (SSSR count). The van der Waals surface area contributed by atoms with Crippen LogP contribution in [0.3, 0.4) is 0 Å². The van der Waals surface area contributed by atoms with E-state index in [9.17, 15) is 0 Å². The highest BCUT2D eigenvalue weighted by Crippen LogP contribution is 2.36. The summed E-state index contributed by atoms with van der Waals surface area (Å²) in [5, 5.41) is 1.98. The number of hydrogen-bond acceptors (Lipinski definition) is 5. The van der Waals surface area contributed by atoms with Crippen molar-refractivity contribution < 1.29 is 18.9 Å². The molecule has 154 valence electrons. The summed E-state index contributed by atoms with van der Waals surface area (Å²) in [5.41, 5.74) is 3.87. The second-order valence-corrected chi connectivity index (χ2v) is 6.62. The van der Waals surface area contributed by atoms with Crippen LogP contribution in [0.5, 0.6) is 11.5 Å². The highest BCUT2D eigenvalue weighted by atomic mass is 16.5. The lowest BCUT2D eigenvalue weighted by atomic mass is 9.97. The lowest BCUT2D eigenvalue weighted by Gasteiger charge is -2.15. The smallest absolute Gasteiger partial charge is 0.161 e. The van der Waals surface area contributed by atoms with E-state index in [1.165, 1.54) is 0 Å². The second kappa shape index (κ2) is 9.82. The maximum Gasteiger partial charge on any atom is 0.161 e. The third kappa shape index (κ3) is 4.80. The quantitative estimate of drug-likeness (QED) is 0.419. The van der Waals surface area contributed by atoms with Crippen LogP contribution >= 0.6 is 0 Å². The van der Waals surface area contributed by atoms with Gasteiger partial charge in [-0.3, -0.25) is 4.98 Å². The van der Waals surface area contributed by atoms with E-state index in [1.807, 2.05) is 37.4 Å². The fourth-order valence-electron chi connectivity index (χ4n) is 3.01. The van der Waals surface area contributed by atoms with Gasteiger partial charge in [0.2, 0.25) is 0 Å². The van der Waals surface area contributed by atoms with Gasteiger partial charge in [0.15, 0.2) is 23.0 Å². The van der Waals surface area contributed by atoms with Crippen LogP contribution in [-0.2, 0) is 9.47 Å². The number of pyridine rings is 1. The van der Waals surface area contributed by atoms with E-state index in [0.29, 0.717) is 23.0 Å². The highest BCUT2D eigenvalue weighted by molar-refractivity contribution is 5.97. The third-order valence-corrected chi connectivity index (χ3v) is 4.48. The van der Waals surface area contributed by atoms with Crippen molar-refractivity contribution in [2.24, 2.45) is 0 Å². The molecule has 29 heavy (non-hydrogen) atoms. The Morgan fingerprint density at radius 3 is 2.17 bits per heavy atom. The summed E-state index contributed by atoms with van der Waals surface area (Å²) < 4.78 is 21.6. The summed E-state index contributed by atoms with van der Waals surface area (Å²) in [5.74, 6) is 2.33. The molecule has 0 aliphatic rings. The molecule has 0 fully saturated rings. The Kier molecular flexibility index (Phi) is 7.48. The average molecular weight is 395 g/mol. The lowest BCUT2D eigenvalue weighted by Crippen LogP contribution is -1.99. The molecule has 1 aromatic heterocycles. The Bertz CT molecular complexity index is 996. The summed E-state index contributed by atoms with van der Waals surface area (Å²) >= 11 is 0. The van der Waals surface area contributed by atoms with Gasteiger partial charge < -0.3 is 18.9 Å². The summed E-state index contributed by atoms with van der Waals surface area (Å²) in [7, 11) is 6.41. The van der Waals surface area contributed by atoms with E-state index in [-0.39, 0.29) is 0 Å². The number of methoxy groups -OCH3 is 4. The zero-order valence-electron chi connectivity index (χ0n) is 18.3. The van der Waals surface area contributed by atoms with Gasteiger partial charge in [-0.25, -0.2) is 0 Å². The average Bonchev–Trinajstić information content (AvgIpc) is 2.73. The Labute approximate surface area is 173 Å². The molecule has 5 nitrogen and oxygen atoms in total. The molecule has 0 atom stereocenters. The van der Waals surface area contributed by atoms with E-state index in [1.54, 1.807) is 28.4 Å². The minimum absolute atomic E-state index is 0.447.